The van der Waals surface area contributed by atoms with E-state index < -0.39 is 0 Å². The van der Waals surface area contributed by atoms with Crippen molar-refractivity contribution in [2.75, 3.05) is 19.7 Å². The average Bonchev–Trinajstić information content (AvgIpc) is 2.63. The molecular formula is C10H18N2O2. The van der Waals surface area contributed by atoms with E-state index in [1.54, 1.807) is 6.20 Å². The molecule has 0 saturated carbocycles. The second-order valence-corrected chi connectivity index (χ2v) is 2.96. The zero-order valence-corrected chi connectivity index (χ0v) is 8.88. The van der Waals surface area contributed by atoms with Gasteiger partial charge in [-0.15, -0.1) is 0 Å². The highest BCUT2D eigenvalue weighted by Crippen LogP contribution is 2.05. The van der Waals surface area contributed by atoms with E-state index in [1.807, 2.05) is 6.92 Å². The van der Waals surface area contributed by atoms with Crippen molar-refractivity contribution < 1.29 is 9.15 Å². The molecule has 0 unspecified atom stereocenters. The van der Waals surface area contributed by atoms with Crippen LogP contribution in [0.5, 0.6) is 0 Å². The van der Waals surface area contributed by atoms with Crippen LogP contribution in [0.25, 0.3) is 0 Å². The SMILES string of the molecule is CCNCCc1ncc(COCC)o1. The normalized spacial score (nSPS) is 10.7. The standard InChI is InChI=1S/C10H18N2O2/c1-3-11-6-5-10-12-7-9(14-10)8-13-4-2/h7,11H,3-6,8H2,1-2H3. The minimum Gasteiger partial charge on any atom is -0.443 e. The average molecular weight is 198 g/mol. The van der Waals surface area contributed by atoms with Crippen molar-refractivity contribution in [1.82, 2.24) is 10.3 Å². The van der Waals surface area contributed by atoms with E-state index in [4.69, 9.17) is 9.15 Å². The Morgan fingerprint density at radius 3 is 3.07 bits per heavy atom. The van der Waals surface area contributed by atoms with Gasteiger partial charge in [-0.2, -0.15) is 0 Å². The molecule has 0 bridgehead atoms. The Kier molecular flexibility index (Phi) is 5.25. The Bertz CT molecular complexity index is 248. The number of hydrogen-bond donors (Lipinski definition) is 1. The van der Waals surface area contributed by atoms with Crippen molar-refractivity contribution in [1.29, 1.82) is 0 Å². The summed E-state index contributed by atoms with van der Waals surface area (Å²) in [5.74, 6) is 1.58. The highest BCUT2D eigenvalue weighted by atomic mass is 16.5. The quantitative estimate of drug-likeness (QED) is 0.672. The third-order valence-corrected chi connectivity index (χ3v) is 1.82. The van der Waals surface area contributed by atoms with Gasteiger partial charge < -0.3 is 14.5 Å². The Morgan fingerprint density at radius 2 is 2.36 bits per heavy atom. The molecule has 0 aliphatic heterocycles. The van der Waals surface area contributed by atoms with Crippen molar-refractivity contribution in [3.8, 4) is 0 Å². The lowest BCUT2D eigenvalue weighted by molar-refractivity contribution is 0.117. The second-order valence-electron chi connectivity index (χ2n) is 2.96. The zero-order chi connectivity index (χ0) is 10.2. The first kappa shape index (κ1) is 11.2. The lowest BCUT2D eigenvalue weighted by atomic mass is 10.4. The summed E-state index contributed by atoms with van der Waals surface area (Å²) >= 11 is 0. The molecule has 0 amide bonds. The maximum atomic E-state index is 5.46. The summed E-state index contributed by atoms with van der Waals surface area (Å²) in [6.45, 7) is 7.15. The summed E-state index contributed by atoms with van der Waals surface area (Å²) in [6, 6.07) is 0. The number of rotatable bonds is 7. The fourth-order valence-electron chi connectivity index (χ4n) is 1.11. The highest BCUT2D eigenvalue weighted by molar-refractivity contribution is 4.92. The molecule has 0 aromatic carbocycles. The van der Waals surface area contributed by atoms with Gasteiger partial charge in [0.25, 0.3) is 0 Å². The fourth-order valence-corrected chi connectivity index (χ4v) is 1.11. The number of nitrogens with zero attached hydrogens (tertiary/aromatic N) is 1. The van der Waals surface area contributed by atoms with Gasteiger partial charge in [0.1, 0.15) is 12.4 Å². The van der Waals surface area contributed by atoms with Gasteiger partial charge in [-0.25, -0.2) is 4.98 Å². The van der Waals surface area contributed by atoms with E-state index in [-0.39, 0.29) is 0 Å². The van der Waals surface area contributed by atoms with Crippen LogP contribution < -0.4 is 5.32 Å². The largest absolute Gasteiger partial charge is 0.443 e. The molecule has 0 atom stereocenters. The van der Waals surface area contributed by atoms with Crippen LogP contribution in [-0.2, 0) is 17.8 Å². The molecule has 0 aliphatic carbocycles. The first-order chi connectivity index (χ1) is 6.86. The molecule has 4 heteroatoms. The molecule has 1 heterocycles. The predicted octanol–water partition coefficient (Wildman–Crippen LogP) is 1.36. The van der Waals surface area contributed by atoms with E-state index >= 15 is 0 Å². The van der Waals surface area contributed by atoms with Gasteiger partial charge in [0.2, 0.25) is 0 Å². The second kappa shape index (κ2) is 6.56. The highest BCUT2D eigenvalue weighted by Gasteiger charge is 2.02. The van der Waals surface area contributed by atoms with Crippen molar-refractivity contribution >= 4 is 0 Å². The first-order valence-electron chi connectivity index (χ1n) is 5.08. The first-order valence-corrected chi connectivity index (χ1v) is 5.08. The molecule has 0 aliphatic rings. The molecule has 80 valence electrons. The zero-order valence-electron chi connectivity index (χ0n) is 8.88. The number of aromatic nitrogens is 1. The van der Waals surface area contributed by atoms with Crippen LogP contribution in [-0.4, -0.2) is 24.7 Å². The maximum Gasteiger partial charge on any atom is 0.195 e. The van der Waals surface area contributed by atoms with Gasteiger partial charge in [0.15, 0.2) is 5.89 Å². The molecule has 0 saturated heterocycles. The monoisotopic (exact) mass is 198 g/mol. The molecular weight excluding hydrogens is 180 g/mol. The van der Waals surface area contributed by atoms with E-state index in [2.05, 4.69) is 17.2 Å². The number of oxazole rings is 1. The van der Waals surface area contributed by atoms with E-state index in [1.165, 1.54) is 0 Å². The van der Waals surface area contributed by atoms with Gasteiger partial charge in [-0.1, -0.05) is 6.92 Å². The molecule has 1 N–H and O–H groups in total. The Hall–Kier alpha value is -0.870. The van der Waals surface area contributed by atoms with Crippen LogP contribution in [0.4, 0.5) is 0 Å². The van der Waals surface area contributed by atoms with Gasteiger partial charge in [-0.3, -0.25) is 0 Å². The lowest BCUT2D eigenvalue weighted by Gasteiger charge is -1.97. The van der Waals surface area contributed by atoms with Crippen molar-refractivity contribution in [3.05, 3.63) is 17.8 Å². The molecule has 1 aromatic rings. The van der Waals surface area contributed by atoms with Crippen molar-refractivity contribution in [3.63, 3.8) is 0 Å². The van der Waals surface area contributed by atoms with Crippen molar-refractivity contribution in [2.45, 2.75) is 26.9 Å². The van der Waals surface area contributed by atoms with E-state index in [9.17, 15) is 0 Å². The van der Waals surface area contributed by atoms with Crippen LogP contribution in [0.1, 0.15) is 25.5 Å². The number of nitrogens with one attached hydrogen (secondary N) is 1. The summed E-state index contributed by atoms with van der Waals surface area (Å²) in [5.41, 5.74) is 0. The van der Waals surface area contributed by atoms with Gasteiger partial charge in [0, 0.05) is 19.6 Å². The predicted molar refractivity (Wildman–Crippen MR) is 54.1 cm³/mol. The molecule has 0 spiro atoms. The van der Waals surface area contributed by atoms with Crippen LogP contribution >= 0.6 is 0 Å². The molecule has 1 aromatic heterocycles. The molecule has 0 radical (unpaired) electrons. The van der Waals surface area contributed by atoms with E-state index in [0.717, 1.165) is 31.2 Å². The molecule has 0 fully saturated rings. The minimum atomic E-state index is 0.519. The van der Waals surface area contributed by atoms with Gasteiger partial charge >= 0.3 is 0 Å². The van der Waals surface area contributed by atoms with Crippen LogP contribution in [0.3, 0.4) is 0 Å². The summed E-state index contributed by atoms with van der Waals surface area (Å²) in [6.07, 6.45) is 2.57. The number of likely N-dealkylation sites (N-methyl/N-ethyl adjacent to an activating group) is 1. The Labute approximate surface area is 84.7 Å². The minimum absolute atomic E-state index is 0.519. The maximum absolute atomic E-state index is 5.46. The van der Waals surface area contributed by atoms with Gasteiger partial charge in [-0.05, 0) is 13.5 Å². The number of hydrogen-bond acceptors (Lipinski definition) is 4. The summed E-state index contributed by atoms with van der Waals surface area (Å²) in [4.78, 5) is 4.15. The number of ether oxygens (including phenoxy) is 1. The van der Waals surface area contributed by atoms with Crippen LogP contribution in [0.2, 0.25) is 0 Å². The van der Waals surface area contributed by atoms with Crippen molar-refractivity contribution in [2.24, 2.45) is 0 Å². The molecule has 4 nitrogen and oxygen atoms in total. The smallest absolute Gasteiger partial charge is 0.195 e. The van der Waals surface area contributed by atoms with Crippen LogP contribution in [0, 0.1) is 0 Å². The Balaban J connectivity index is 2.27. The van der Waals surface area contributed by atoms with E-state index in [0.29, 0.717) is 13.2 Å². The topological polar surface area (TPSA) is 47.3 Å². The molecule has 14 heavy (non-hydrogen) atoms. The summed E-state index contributed by atoms with van der Waals surface area (Å²) in [5, 5.41) is 3.22. The lowest BCUT2D eigenvalue weighted by Crippen LogP contribution is -2.16. The Morgan fingerprint density at radius 1 is 1.50 bits per heavy atom. The van der Waals surface area contributed by atoms with Gasteiger partial charge in [0.05, 0.1) is 6.20 Å². The third kappa shape index (κ3) is 3.89. The third-order valence-electron chi connectivity index (χ3n) is 1.82. The summed E-state index contributed by atoms with van der Waals surface area (Å²) < 4.78 is 10.7. The summed E-state index contributed by atoms with van der Waals surface area (Å²) in [7, 11) is 0. The molecule has 1 rings (SSSR count). The van der Waals surface area contributed by atoms with Crippen LogP contribution in [0.15, 0.2) is 10.6 Å². The fraction of sp³-hybridized carbons (Fsp3) is 0.700.